The van der Waals surface area contributed by atoms with Crippen LogP contribution in [0.5, 0.6) is 0 Å². The Bertz CT molecular complexity index is 1140. The molecule has 1 saturated heterocycles. The number of carbonyl (C=O) groups is 1. The van der Waals surface area contributed by atoms with Crippen molar-refractivity contribution in [3.8, 4) is 6.07 Å². The Balaban J connectivity index is 1.49. The molecule has 0 spiro atoms. The largest absolute Gasteiger partial charge is 0.312 e. The van der Waals surface area contributed by atoms with Crippen molar-refractivity contribution in [1.29, 1.82) is 5.26 Å². The van der Waals surface area contributed by atoms with Crippen LogP contribution in [0.2, 0.25) is 0 Å². The molecule has 0 radical (unpaired) electrons. The lowest BCUT2D eigenvalue weighted by molar-refractivity contribution is 0.102. The molecule has 1 N–H and O–H groups in total. The van der Waals surface area contributed by atoms with E-state index in [4.69, 9.17) is 0 Å². The van der Waals surface area contributed by atoms with Crippen LogP contribution in [0, 0.1) is 11.3 Å². The molecule has 2 aromatic rings. The average molecular weight is 487 g/mol. The maximum Gasteiger partial charge on any atom is 0.256 e. The molecule has 9 heteroatoms. The lowest BCUT2D eigenvalue weighted by atomic mass is 10.0. The second-order valence-corrected chi connectivity index (χ2v) is 11.7. The van der Waals surface area contributed by atoms with E-state index in [-0.39, 0.29) is 10.8 Å². The van der Waals surface area contributed by atoms with Crippen LogP contribution in [0.3, 0.4) is 0 Å². The quantitative estimate of drug-likeness (QED) is 0.660. The molecular formula is C24H30N4O3S2. The molecule has 4 rings (SSSR count). The van der Waals surface area contributed by atoms with Crippen LogP contribution in [0.1, 0.15) is 65.4 Å². The SMILES string of the molecule is CCCN1CCc2c(sc(NC(=O)c3ccc(S(=O)(=O)N4CCCCCC4)cc3)c2C#N)C1. The summed E-state index contributed by atoms with van der Waals surface area (Å²) in [7, 11) is -3.55. The Kier molecular flexibility index (Phi) is 7.49. The number of anilines is 1. The minimum Gasteiger partial charge on any atom is -0.312 e. The highest BCUT2D eigenvalue weighted by Crippen LogP contribution is 2.37. The van der Waals surface area contributed by atoms with Crippen LogP contribution in [0.4, 0.5) is 5.00 Å². The Hall–Kier alpha value is -2.25. The summed E-state index contributed by atoms with van der Waals surface area (Å²) in [5, 5.41) is 13.2. The summed E-state index contributed by atoms with van der Waals surface area (Å²) < 4.78 is 27.5. The van der Waals surface area contributed by atoms with Crippen molar-refractivity contribution < 1.29 is 13.2 Å². The zero-order valence-corrected chi connectivity index (χ0v) is 20.6. The van der Waals surface area contributed by atoms with Crippen LogP contribution in [-0.2, 0) is 23.0 Å². The van der Waals surface area contributed by atoms with Crippen molar-refractivity contribution in [2.24, 2.45) is 0 Å². The Morgan fingerprint density at radius 2 is 1.82 bits per heavy atom. The van der Waals surface area contributed by atoms with Crippen LogP contribution in [-0.4, -0.2) is 49.7 Å². The van der Waals surface area contributed by atoms with Gasteiger partial charge in [-0.15, -0.1) is 11.3 Å². The summed E-state index contributed by atoms with van der Waals surface area (Å²) >= 11 is 1.47. The molecule has 2 aliphatic rings. The predicted octanol–water partition coefficient (Wildman–Crippen LogP) is 4.20. The number of hydrogen-bond donors (Lipinski definition) is 1. The smallest absolute Gasteiger partial charge is 0.256 e. The molecule has 1 aromatic carbocycles. The fourth-order valence-electron chi connectivity index (χ4n) is 4.55. The Morgan fingerprint density at radius 3 is 2.45 bits per heavy atom. The third-order valence-electron chi connectivity index (χ3n) is 6.33. The summed E-state index contributed by atoms with van der Waals surface area (Å²) in [6, 6.07) is 8.36. The first-order chi connectivity index (χ1) is 15.9. The molecule has 3 heterocycles. The van der Waals surface area contributed by atoms with Gasteiger partial charge in [-0.05, 0) is 62.1 Å². The number of nitrogens with one attached hydrogen (secondary N) is 1. The first kappa shape index (κ1) is 23.9. The van der Waals surface area contributed by atoms with Gasteiger partial charge in [0.2, 0.25) is 10.0 Å². The third-order valence-corrected chi connectivity index (χ3v) is 9.38. The zero-order valence-electron chi connectivity index (χ0n) is 19.0. The van der Waals surface area contributed by atoms with Crippen LogP contribution >= 0.6 is 11.3 Å². The van der Waals surface area contributed by atoms with E-state index in [0.29, 0.717) is 29.2 Å². The molecule has 176 valence electrons. The van der Waals surface area contributed by atoms with Gasteiger partial charge in [-0.3, -0.25) is 9.69 Å². The Morgan fingerprint density at radius 1 is 1.12 bits per heavy atom. The van der Waals surface area contributed by atoms with Gasteiger partial charge in [-0.1, -0.05) is 19.8 Å². The summed E-state index contributed by atoms with van der Waals surface area (Å²) in [5.74, 6) is -0.339. The van der Waals surface area contributed by atoms with Crippen molar-refractivity contribution in [2.45, 2.75) is 56.9 Å². The zero-order chi connectivity index (χ0) is 23.4. The molecule has 0 aliphatic carbocycles. The fourth-order valence-corrected chi connectivity index (χ4v) is 7.31. The van der Waals surface area contributed by atoms with Crippen LogP contribution in [0.15, 0.2) is 29.2 Å². The number of sulfonamides is 1. The highest BCUT2D eigenvalue weighted by Gasteiger charge is 2.27. The van der Waals surface area contributed by atoms with E-state index in [0.717, 1.165) is 68.6 Å². The van der Waals surface area contributed by atoms with E-state index < -0.39 is 10.0 Å². The van der Waals surface area contributed by atoms with Gasteiger partial charge in [0.1, 0.15) is 11.1 Å². The lowest BCUT2D eigenvalue weighted by Crippen LogP contribution is -2.31. The number of benzene rings is 1. The van der Waals surface area contributed by atoms with Crippen LogP contribution in [0.25, 0.3) is 0 Å². The number of nitriles is 1. The molecule has 0 bridgehead atoms. The van der Waals surface area contributed by atoms with E-state index in [2.05, 4.69) is 23.2 Å². The van der Waals surface area contributed by atoms with E-state index in [1.807, 2.05) is 0 Å². The standard InChI is InChI=1S/C24H30N4O3S2/c1-2-12-27-15-11-20-21(16-25)24(32-22(20)17-27)26-23(29)18-7-9-19(10-8-18)33(30,31)28-13-5-3-4-6-14-28/h7-10H,2-6,11-15,17H2,1H3,(H,26,29). The molecule has 0 unspecified atom stereocenters. The normalized spacial score (nSPS) is 17.7. The first-order valence-electron chi connectivity index (χ1n) is 11.6. The van der Waals surface area contributed by atoms with Gasteiger partial charge in [-0.25, -0.2) is 8.42 Å². The van der Waals surface area contributed by atoms with E-state index in [1.54, 1.807) is 16.4 Å². The molecule has 0 saturated carbocycles. The van der Waals surface area contributed by atoms with Gasteiger partial charge in [-0.2, -0.15) is 9.57 Å². The molecule has 0 atom stereocenters. The van der Waals surface area contributed by atoms with Crippen molar-refractivity contribution in [3.63, 3.8) is 0 Å². The van der Waals surface area contributed by atoms with E-state index >= 15 is 0 Å². The van der Waals surface area contributed by atoms with Gasteiger partial charge in [0.05, 0.1) is 10.5 Å². The lowest BCUT2D eigenvalue weighted by Gasteiger charge is -2.26. The summed E-state index contributed by atoms with van der Waals surface area (Å²) in [6.45, 7) is 5.99. The number of thiophene rings is 1. The summed E-state index contributed by atoms with van der Waals surface area (Å²) in [4.78, 5) is 16.6. The molecule has 1 amide bonds. The second-order valence-electron chi connectivity index (χ2n) is 8.64. The minimum atomic E-state index is -3.55. The number of nitrogens with zero attached hydrogens (tertiary/aromatic N) is 3. The number of hydrogen-bond acceptors (Lipinski definition) is 6. The highest BCUT2D eigenvalue weighted by molar-refractivity contribution is 7.89. The maximum atomic E-state index is 13.0. The topological polar surface area (TPSA) is 93.5 Å². The molecular weight excluding hydrogens is 456 g/mol. The van der Waals surface area contributed by atoms with Crippen molar-refractivity contribution in [3.05, 3.63) is 45.8 Å². The summed E-state index contributed by atoms with van der Waals surface area (Å²) in [6.07, 6.45) is 5.76. The van der Waals surface area contributed by atoms with Crippen molar-refractivity contribution in [2.75, 3.05) is 31.5 Å². The number of carbonyl (C=O) groups excluding carboxylic acids is 1. The number of rotatable bonds is 6. The number of fused-ring (bicyclic) bond motifs is 1. The minimum absolute atomic E-state index is 0.210. The number of amides is 1. The maximum absolute atomic E-state index is 13.0. The van der Waals surface area contributed by atoms with Gasteiger partial charge in [0.25, 0.3) is 5.91 Å². The van der Waals surface area contributed by atoms with Crippen molar-refractivity contribution in [1.82, 2.24) is 9.21 Å². The second kappa shape index (κ2) is 10.3. The molecule has 1 aromatic heterocycles. The molecule has 2 aliphatic heterocycles. The molecule has 33 heavy (non-hydrogen) atoms. The highest BCUT2D eigenvalue weighted by atomic mass is 32.2. The third kappa shape index (κ3) is 5.14. The predicted molar refractivity (Wildman–Crippen MR) is 130 cm³/mol. The first-order valence-corrected chi connectivity index (χ1v) is 13.9. The summed E-state index contributed by atoms with van der Waals surface area (Å²) in [5.41, 5.74) is 1.97. The fraction of sp³-hybridized carbons (Fsp3) is 0.500. The van der Waals surface area contributed by atoms with E-state index in [1.165, 1.54) is 23.5 Å². The molecule has 7 nitrogen and oxygen atoms in total. The van der Waals surface area contributed by atoms with Gasteiger partial charge < -0.3 is 5.32 Å². The Labute approximate surface area is 200 Å². The van der Waals surface area contributed by atoms with E-state index in [9.17, 15) is 18.5 Å². The van der Waals surface area contributed by atoms with Crippen molar-refractivity contribution >= 4 is 32.3 Å². The van der Waals surface area contributed by atoms with Gasteiger partial charge >= 0.3 is 0 Å². The van der Waals surface area contributed by atoms with Crippen LogP contribution < -0.4 is 5.32 Å². The van der Waals surface area contributed by atoms with Gasteiger partial charge in [0, 0.05) is 36.6 Å². The van der Waals surface area contributed by atoms with Gasteiger partial charge in [0.15, 0.2) is 0 Å². The molecule has 1 fully saturated rings. The average Bonchev–Trinajstić information content (AvgIpc) is 2.97. The monoisotopic (exact) mass is 486 g/mol.